The Morgan fingerprint density at radius 1 is 1.11 bits per heavy atom. The third-order valence-corrected chi connectivity index (χ3v) is 5.59. The number of carbonyl (C=O) groups is 1. The fraction of sp³-hybridized carbons (Fsp3) is 0.900. The lowest BCUT2D eigenvalue weighted by Crippen LogP contribution is -2.43. The molecule has 1 saturated carbocycles. The maximum Gasteiger partial charge on any atom is 0.221 e. The second-order valence-electron chi connectivity index (χ2n) is 7.81. The van der Waals surface area contributed by atoms with Gasteiger partial charge in [0.25, 0.3) is 0 Å². The Kier molecular flexibility index (Phi) is 10.5. The standard InChI is InChI=1S/C20H39N5O2/c1-22-20(24-12-7-15-27-18-9-3-2-4-10-18)23-11-6-14-25-13-5-8-17(16-25)19(21)26/h17-18H,2-16H2,1H3,(H2,21,26)(H2,22,23,24). The van der Waals surface area contributed by atoms with Gasteiger partial charge in [-0.05, 0) is 51.6 Å². The number of piperidine rings is 1. The second-order valence-corrected chi connectivity index (χ2v) is 7.81. The highest BCUT2D eigenvalue weighted by Gasteiger charge is 2.23. The van der Waals surface area contributed by atoms with Gasteiger partial charge in [0.05, 0.1) is 12.0 Å². The molecule has 4 N–H and O–H groups in total. The van der Waals surface area contributed by atoms with Gasteiger partial charge in [-0.25, -0.2) is 0 Å². The molecule has 1 aliphatic carbocycles. The maximum atomic E-state index is 11.3. The van der Waals surface area contributed by atoms with Gasteiger partial charge < -0.3 is 26.0 Å². The van der Waals surface area contributed by atoms with Crippen molar-refractivity contribution >= 4 is 11.9 Å². The Balaban J connectivity index is 1.48. The van der Waals surface area contributed by atoms with E-state index < -0.39 is 0 Å². The molecular weight excluding hydrogens is 342 g/mol. The van der Waals surface area contributed by atoms with E-state index in [0.717, 1.165) is 71.0 Å². The molecular formula is C20H39N5O2. The van der Waals surface area contributed by atoms with Gasteiger partial charge in [-0.3, -0.25) is 9.79 Å². The van der Waals surface area contributed by atoms with Crippen LogP contribution in [-0.2, 0) is 9.53 Å². The molecule has 2 rings (SSSR count). The minimum atomic E-state index is -0.158. The summed E-state index contributed by atoms with van der Waals surface area (Å²) in [5.41, 5.74) is 5.44. The molecule has 0 aromatic heterocycles. The first-order valence-electron chi connectivity index (χ1n) is 10.8. The molecule has 1 atom stereocenters. The number of primary amides is 1. The fourth-order valence-electron chi connectivity index (χ4n) is 3.98. The van der Waals surface area contributed by atoms with Crippen molar-refractivity contribution in [3.8, 4) is 0 Å². The molecule has 1 aliphatic heterocycles. The molecule has 27 heavy (non-hydrogen) atoms. The molecule has 156 valence electrons. The highest BCUT2D eigenvalue weighted by Crippen LogP contribution is 2.20. The number of hydrogen-bond acceptors (Lipinski definition) is 4. The highest BCUT2D eigenvalue weighted by atomic mass is 16.5. The number of nitrogens with two attached hydrogens (primary N) is 1. The van der Waals surface area contributed by atoms with Crippen LogP contribution in [0, 0.1) is 5.92 Å². The van der Waals surface area contributed by atoms with E-state index in [2.05, 4.69) is 20.5 Å². The number of rotatable bonds is 10. The molecule has 1 heterocycles. The lowest BCUT2D eigenvalue weighted by atomic mass is 9.97. The summed E-state index contributed by atoms with van der Waals surface area (Å²) in [4.78, 5) is 18.0. The average Bonchev–Trinajstić information content (AvgIpc) is 2.70. The SMILES string of the molecule is CN=C(NCCCOC1CCCCC1)NCCCN1CCCC(C(N)=O)C1. The van der Waals surface area contributed by atoms with Crippen LogP contribution in [0.15, 0.2) is 4.99 Å². The Morgan fingerprint density at radius 3 is 2.56 bits per heavy atom. The van der Waals surface area contributed by atoms with Crippen molar-refractivity contribution in [1.82, 2.24) is 15.5 Å². The Labute approximate surface area is 164 Å². The van der Waals surface area contributed by atoms with Crippen molar-refractivity contribution in [3.05, 3.63) is 0 Å². The van der Waals surface area contributed by atoms with E-state index in [9.17, 15) is 4.79 Å². The molecule has 0 spiro atoms. The zero-order valence-electron chi connectivity index (χ0n) is 17.0. The molecule has 1 unspecified atom stereocenters. The second kappa shape index (κ2) is 12.9. The summed E-state index contributed by atoms with van der Waals surface area (Å²) in [6.45, 7) is 5.43. The van der Waals surface area contributed by atoms with Crippen LogP contribution in [0.2, 0.25) is 0 Å². The van der Waals surface area contributed by atoms with E-state index >= 15 is 0 Å². The smallest absolute Gasteiger partial charge is 0.221 e. The number of carbonyl (C=O) groups excluding carboxylic acids is 1. The van der Waals surface area contributed by atoms with Crippen molar-refractivity contribution < 1.29 is 9.53 Å². The number of likely N-dealkylation sites (tertiary alicyclic amines) is 1. The van der Waals surface area contributed by atoms with Gasteiger partial charge >= 0.3 is 0 Å². The molecule has 0 aromatic rings. The molecule has 0 bridgehead atoms. The maximum absolute atomic E-state index is 11.3. The van der Waals surface area contributed by atoms with Crippen LogP contribution < -0.4 is 16.4 Å². The summed E-state index contributed by atoms with van der Waals surface area (Å²) in [6, 6.07) is 0. The first kappa shape index (κ1) is 22.0. The first-order chi connectivity index (χ1) is 13.2. The van der Waals surface area contributed by atoms with Gasteiger partial charge in [0.15, 0.2) is 5.96 Å². The summed E-state index contributed by atoms with van der Waals surface area (Å²) in [5, 5.41) is 6.71. The summed E-state index contributed by atoms with van der Waals surface area (Å²) < 4.78 is 5.95. The molecule has 1 saturated heterocycles. The molecule has 1 amide bonds. The number of nitrogens with one attached hydrogen (secondary N) is 2. The van der Waals surface area contributed by atoms with Crippen LogP contribution in [0.3, 0.4) is 0 Å². The molecule has 0 aromatic carbocycles. The number of nitrogens with zero attached hydrogens (tertiary/aromatic N) is 2. The largest absolute Gasteiger partial charge is 0.378 e. The number of aliphatic imine (C=N–C) groups is 1. The van der Waals surface area contributed by atoms with Gasteiger partial charge in [-0.2, -0.15) is 0 Å². The molecule has 7 heteroatoms. The topological polar surface area (TPSA) is 92.0 Å². The number of amides is 1. The minimum absolute atomic E-state index is 0.0250. The Hall–Kier alpha value is -1.34. The zero-order chi connectivity index (χ0) is 19.3. The van der Waals surface area contributed by atoms with Crippen molar-refractivity contribution in [2.24, 2.45) is 16.6 Å². The summed E-state index contributed by atoms with van der Waals surface area (Å²) in [5.74, 6) is 0.716. The summed E-state index contributed by atoms with van der Waals surface area (Å²) in [7, 11) is 1.80. The van der Waals surface area contributed by atoms with E-state index in [1.165, 1.54) is 32.1 Å². The van der Waals surface area contributed by atoms with Crippen molar-refractivity contribution in [3.63, 3.8) is 0 Å². The minimum Gasteiger partial charge on any atom is -0.378 e. The lowest BCUT2D eigenvalue weighted by Gasteiger charge is -2.31. The fourth-order valence-corrected chi connectivity index (χ4v) is 3.98. The van der Waals surface area contributed by atoms with E-state index in [1.807, 2.05) is 0 Å². The molecule has 0 radical (unpaired) electrons. The van der Waals surface area contributed by atoms with Crippen molar-refractivity contribution in [1.29, 1.82) is 0 Å². The number of ether oxygens (including phenoxy) is 1. The summed E-state index contributed by atoms with van der Waals surface area (Å²) in [6.07, 6.45) is 11.0. The number of guanidine groups is 1. The predicted molar refractivity (Wildman–Crippen MR) is 110 cm³/mol. The van der Waals surface area contributed by atoms with E-state index in [4.69, 9.17) is 10.5 Å². The van der Waals surface area contributed by atoms with Gasteiger partial charge in [0.1, 0.15) is 0 Å². The third kappa shape index (κ3) is 8.93. The monoisotopic (exact) mass is 381 g/mol. The van der Waals surface area contributed by atoms with Gasteiger partial charge in [0, 0.05) is 33.3 Å². The van der Waals surface area contributed by atoms with Crippen LogP contribution >= 0.6 is 0 Å². The quantitative estimate of drug-likeness (QED) is 0.303. The average molecular weight is 382 g/mol. The Bertz CT molecular complexity index is 452. The summed E-state index contributed by atoms with van der Waals surface area (Å²) >= 11 is 0. The van der Waals surface area contributed by atoms with E-state index in [-0.39, 0.29) is 11.8 Å². The van der Waals surface area contributed by atoms with Crippen LogP contribution in [0.1, 0.15) is 57.8 Å². The zero-order valence-corrected chi connectivity index (χ0v) is 17.0. The van der Waals surface area contributed by atoms with Crippen molar-refractivity contribution in [2.75, 3.05) is 46.4 Å². The van der Waals surface area contributed by atoms with Crippen molar-refractivity contribution in [2.45, 2.75) is 63.9 Å². The van der Waals surface area contributed by atoms with E-state index in [0.29, 0.717) is 6.10 Å². The molecule has 2 fully saturated rings. The van der Waals surface area contributed by atoms with Gasteiger partial charge in [-0.15, -0.1) is 0 Å². The van der Waals surface area contributed by atoms with Gasteiger partial charge in [-0.1, -0.05) is 19.3 Å². The van der Waals surface area contributed by atoms with Crippen LogP contribution in [0.25, 0.3) is 0 Å². The highest BCUT2D eigenvalue weighted by molar-refractivity contribution is 5.79. The number of hydrogen-bond donors (Lipinski definition) is 3. The third-order valence-electron chi connectivity index (χ3n) is 5.59. The molecule has 7 nitrogen and oxygen atoms in total. The van der Waals surface area contributed by atoms with Gasteiger partial charge in [0.2, 0.25) is 5.91 Å². The van der Waals surface area contributed by atoms with Crippen LogP contribution in [0.4, 0.5) is 0 Å². The Morgan fingerprint density at radius 2 is 1.85 bits per heavy atom. The van der Waals surface area contributed by atoms with Crippen LogP contribution in [0.5, 0.6) is 0 Å². The van der Waals surface area contributed by atoms with Crippen LogP contribution in [-0.4, -0.2) is 69.2 Å². The van der Waals surface area contributed by atoms with E-state index in [1.54, 1.807) is 7.05 Å². The lowest BCUT2D eigenvalue weighted by molar-refractivity contribution is -0.123. The first-order valence-corrected chi connectivity index (χ1v) is 10.8. The molecule has 2 aliphatic rings. The predicted octanol–water partition coefficient (Wildman–Crippen LogP) is 1.48. The normalized spacial score (nSPS) is 22.6.